The molecule has 0 aliphatic heterocycles. The third kappa shape index (κ3) is 3.94. The summed E-state index contributed by atoms with van der Waals surface area (Å²) < 4.78 is 5.25. The Morgan fingerprint density at radius 3 is 2.69 bits per heavy atom. The van der Waals surface area contributed by atoms with Crippen LogP contribution in [0.15, 0.2) is 18.2 Å². The van der Waals surface area contributed by atoms with Crippen LogP contribution >= 0.6 is 0 Å². The fraction of sp³-hybridized carbons (Fsp3) is 0.500. The third-order valence-electron chi connectivity index (χ3n) is 2.56. The second-order valence-electron chi connectivity index (χ2n) is 3.87. The lowest BCUT2D eigenvalue weighted by molar-refractivity contribution is 0.411. The maximum Gasteiger partial charge on any atom is 0.122 e. The maximum atomic E-state index is 8.68. The fourth-order valence-corrected chi connectivity index (χ4v) is 1.47. The molecule has 2 heteroatoms. The summed E-state index contributed by atoms with van der Waals surface area (Å²) in [7, 11) is 1.68. The lowest BCUT2D eigenvalue weighted by Crippen LogP contribution is -1.95. The SMILES string of the molecule is C.COc1cc(CCC(C)C#N)ccc1C. The van der Waals surface area contributed by atoms with Crippen LogP contribution in [0.25, 0.3) is 0 Å². The quantitative estimate of drug-likeness (QED) is 0.773. The summed E-state index contributed by atoms with van der Waals surface area (Å²) in [6.45, 7) is 3.98. The van der Waals surface area contributed by atoms with E-state index in [9.17, 15) is 0 Å². The van der Waals surface area contributed by atoms with Crippen molar-refractivity contribution in [3.63, 3.8) is 0 Å². The van der Waals surface area contributed by atoms with Gasteiger partial charge in [-0.15, -0.1) is 0 Å². The van der Waals surface area contributed by atoms with Crippen molar-refractivity contribution in [2.45, 2.75) is 34.1 Å². The second-order valence-corrected chi connectivity index (χ2v) is 3.87. The molecule has 0 saturated heterocycles. The Bertz CT molecular complexity index is 365. The van der Waals surface area contributed by atoms with Gasteiger partial charge in [-0.25, -0.2) is 0 Å². The van der Waals surface area contributed by atoms with Crippen molar-refractivity contribution in [3.8, 4) is 11.8 Å². The second kappa shape index (κ2) is 6.90. The number of methoxy groups -OCH3 is 1. The highest BCUT2D eigenvalue weighted by molar-refractivity contribution is 5.36. The number of rotatable bonds is 4. The van der Waals surface area contributed by atoms with Gasteiger partial charge in [0.15, 0.2) is 0 Å². The number of hydrogen-bond acceptors (Lipinski definition) is 2. The zero-order valence-corrected chi connectivity index (χ0v) is 9.58. The van der Waals surface area contributed by atoms with Crippen molar-refractivity contribution in [2.24, 2.45) is 5.92 Å². The summed E-state index contributed by atoms with van der Waals surface area (Å²) >= 11 is 0. The summed E-state index contributed by atoms with van der Waals surface area (Å²) in [5.41, 5.74) is 2.38. The Hall–Kier alpha value is -1.49. The topological polar surface area (TPSA) is 33.0 Å². The van der Waals surface area contributed by atoms with Crippen molar-refractivity contribution < 1.29 is 4.74 Å². The first-order valence-corrected chi connectivity index (χ1v) is 5.20. The average molecular weight is 219 g/mol. The highest BCUT2D eigenvalue weighted by Gasteiger charge is 2.03. The number of nitrogens with zero attached hydrogens (tertiary/aromatic N) is 1. The first-order valence-electron chi connectivity index (χ1n) is 5.20. The van der Waals surface area contributed by atoms with E-state index in [0.29, 0.717) is 0 Å². The highest BCUT2D eigenvalue weighted by atomic mass is 16.5. The molecule has 1 rings (SSSR count). The van der Waals surface area contributed by atoms with Crippen LogP contribution in [0.4, 0.5) is 0 Å². The van der Waals surface area contributed by atoms with E-state index in [2.05, 4.69) is 24.3 Å². The van der Waals surface area contributed by atoms with Crippen LogP contribution in [0.1, 0.15) is 31.9 Å². The van der Waals surface area contributed by atoms with Gasteiger partial charge in [-0.1, -0.05) is 19.6 Å². The van der Waals surface area contributed by atoms with Crippen LogP contribution < -0.4 is 4.74 Å². The molecule has 0 saturated carbocycles. The predicted molar refractivity (Wildman–Crippen MR) is 67.6 cm³/mol. The summed E-state index contributed by atoms with van der Waals surface area (Å²) in [6.07, 6.45) is 1.84. The van der Waals surface area contributed by atoms with Crippen molar-refractivity contribution in [3.05, 3.63) is 29.3 Å². The molecular weight excluding hydrogens is 198 g/mol. The molecule has 2 nitrogen and oxygen atoms in total. The molecule has 0 aliphatic rings. The first-order chi connectivity index (χ1) is 7.17. The lowest BCUT2D eigenvalue weighted by atomic mass is 10.0. The molecule has 0 radical (unpaired) electrons. The molecule has 1 unspecified atom stereocenters. The standard InChI is InChI=1S/C13H17NO.CH4/c1-10(9-14)4-6-12-7-5-11(2)13(8-12)15-3;/h5,7-8,10H,4,6H2,1-3H3;1H4. The molecule has 1 atom stereocenters. The molecule has 0 heterocycles. The Morgan fingerprint density at radius 1 is 1.44 bits per heavy atom. The van der Waals surface area contributed by atoms with E-state index in [1.807, 2.05) is 13.8 Å². The minimum Gasteiger partial charge on any atom is -0.496 e. The van der Waals surface area contributed by atoms with E-state index in [0.717, 1.165) is 24.2 Å². The molecule has 0 aromatic heterocycles. The van der Waals surface area contributed by atoms with Crippen LogP contribution in [0.5, 0.6) is 5.75 Å². The molecular formula is C14H21NO. The van der Waals surface area contributed by atoms with Gasteiger partial charge in [0.25, 0.3) is 0 Å². The maximum absolute atomic E-state index is 8.68. The van der Waals surface area contributed by atoms with Gasteiger partial charge in [-0.3, -0.25) is 0 Å². The molecule has 1 aromatic carbocycles. The van der Waals surface area contributed by atoms with E-state index in [1.54, 1.807) is 7.11 Å². The van der Waals surface area contributed by atoms with Crippen molar-refractivity contribution in [1.29, 1.82) is 5.26 Å². The lowest BCUT2D eigenvalue weighted by Gasteiger charge is -2.08. The number of benzene rings is 1. The molecule has 1 aromatic rings. The van der Waals surface area contributed by atoms with Gasteiger partial charge in [0.05, 0.1) is 13.2 Å². The molecule has 16 heavy (non-hydrogen) atoms. The van der Waals surface area contributed by atoms with Gasteiger partial charge in [0.2, 0.25) is 0 Å². The molecule has 0 bridgehead atoms. The van der Waals surface area contributed by atoms with Gasteiger partial charge in [0.1, 0.15) is 5.75 Å². The summed E-state index contributed by atoms with van der Waals surface area (Å²) in [6, 6.07) is 8.46. The summed E-state index contributed by atoms with van der Waals surface area (Å²) in [4.78, 5) is 0. The zero-order valence-electron chi connectivity index (χ0n) is 9.58. The predicted octanol–water partition coefficient (Wildman–Crippen LogP) is 3.73. The zero-order chi connectivity index (χ0) is 11.3. The van der Waals surface area contributed by atoms with Crippen LogP contribution in [0, 0.1) is 24.2 Å². The highest BCUT2D eigenvalue weighted by Crippen LogP contribution is 2.20. The molecule has 0 N–H and O–H groups in total. The van der Waals surface area contributed by atoms with Crippen molar-refractivity contribution >= 4 is 0 Å². The van der Waals surface area contributed by atoms with Gasteiger partial charge in [-0.05, 0) is 43.9 Å². The molecule has 0 spiro atoms. The van der Waals surface area contributed by atoms with Crippen LogP contribution in [-0.4, -0.2) is 7.11 Å². The molecule has 0 fully saturated rings. The van der Waals surface area contributed by atoms with Crippen molar-refractivity contribution in [1.82, 2.24) is 0 Å². The van der Waals surface area contributed by atoms with Gasteiger partial charge in [-0.2, -0.15) is 5.26 Å². The number of hydrogen-bond donors (Lipinski definition) is 0. The number of nitriles is 1. The van der Waals surface area contributed by atoms with Gasteiger partial charge >= 0.3 is 0 Å². The minimum absolute atomic E-state index is 0. The molecule has 0 aliphatic carbocycles. The Balaban J connectivity index is 0.00000225. The Kier molecular flexibility index (Phi) is 6.25. The molecule has 0 amide bonds. The van der Waals surface area contributed by atoms with E-state index in [-0.39, 0.29) is 13.3 Å². The normalized spacial score (nSPS) is 11.1. The van der Waals surface area contributed by atoms with E-state index in [4.69, 9.17) is 10.00 Å². The van der Waals surface area contributed by atoms with Gasteiger partial charge < -0.3 is 4.74 Å². The van der Waals surface area contributed by atoms with Crippen LogP contribution in [0.3, 0.4) is 0 Å². The molecule has 88 valence electrons. The van der Waals surface area contributed by atoms with E-state index >= 15 is 0 Å². The fourth-order valence-electron chi connectivity index (χ4n) is 1.47. The average Bonchev–Trinajstić information content (AvgIpc) is 2.27. The first kappa shape index (κ1) is 14.5. The van der Waals surface area contributed by atoms with Gasteiger partial charge in [0, 0.05) is 5.92 Å². The summed E-state index contributed by atoms with van der Waals surface area (Å²) in [5, 5.41) is 8.68. The Morgan fingerprint density at radius 2 is 2.12 bits per heavy atom. The van der Waals surface area contributed by atoms with Crippen molar-refractivity contribution in [2.75, 3.05) is 7.11 Å². The monoisotopic (exact) mass is 219 g/mol. The Labute approximate surface area is 98.9 Å². The van der Waals surface area contributed by atoms with E-state index < -0.39 is 0 Å². The minimum atomic E-state index is 0. The number of ether oxygens (including phenoxy) is 1. The van der Waals surface area contributed by atoms with Crippen LogP contribution in [-0.2, 0) is 6.42 Å². The van der Waals surface area contributed by atoms with E-state index in [1.165, 1.54) is 5.56 Å². The summed E-state index contributed by atoms with van der Waals surface area (Å²) in [5.74, 6) is 1.05. The number of aryl methyl sites for hydroxylation is 2. The third-order valence-corrected chi connectivity index (χ3v) is 2.56. The largest absolute Gasteiger partial charge is 0.496 e. The van der Waals surface area contributed by atoms with Crippen LogP contribution in [0.2, 0.25) is 0 Å². The smallest absolute Gasteiger partial charge is 0.122 e.